The highest BCUT2D eigenvalue weighted by Gasteiger charge is 1.98. The standard InChI is InChI=1S/C15H13NO.C8H6.C7H8INO/c1-17-14-10-9-13(15(16)11-14)8-7-12-5-3-2-4-6-12;1-2-8-6-4-3-5-7-8;1-10-5-2-3-6(8)7(9)4-5/h2-6,9-11H,16H2,1H3;1,3-7H;2-4H,9H2,1H3. The number of methoxy groups -OCH3 is 2. The number of ether oxygens (including phenoxy) is 2. The van der Waals surface area contributed by atoms with Gasteiger partial charge in [-0.05, 0) is 71.1 Å². The van der Waals surface area contributed by atoms with E-state index in [9.17, 15) is 0 Å². The Morgan fingerprint density at radius 3 is 1.63 bits per heavy atom. The number of hydrogen-bond acceptors (Lipinski definition) is 4. The van der Waals surface area contributed by atoms with Crippen molar-refractivity contribution in [2.75, 3.05) is 25.7 Å². The molecule has 0 saturated carbocycles. The molecule has 0 saturated heterocycles. The average molecular weight is 574 g/mol. The molecule has 0 amide bonds. The molecule has 0 heterocycles. The fraction of sp³-hybridized carbons (Fsp3) is 0.0667. The average Bonchev–Trinajstić information content (AvgIpc) is 2.91. The molecule has 4 aromatic carbocycles. The Bertz CT molecular complexity index is 1310. The van der Waals surface area contributed by atoms with Gasteiger partial charge in [-0.3, -0.25) is 0 Å². The van der Waals surface area contributed by atoms with Crippen LogP contribution in [0.25, 0.3) is 0 Å². The van der Waals surface area contributed by atoms with Crippen molar-refractivity contribution in [1.29, 1.82) is 0 Å². The molecule has 0 aliphatic heterocycles. The Morgan fingerprint density at radius 1 is 0.657 bits per heavy atom. The number of halogens is 1. The predicted molar refractivity (Wildman–Crippen MR) is 154 cm³/mol. The second-order valence-corrected chi connectivity index (χ2v) is 8.13. The summed E-state index contributed by atoms with van der Waals surface area (Å²) in [6, 6.07) is 30.5. The molecule has 0 aromatic heterocycles. The maximum absolute atomic E-state index is 5.88. The third-order valence-electron chi connectivity index (χ3n) is 4.52. The molecule has 0 spiro atoms. The van der Waals surface area contributed by atoms with Gasteiger partial charge in [0, 0.05) is 38.1 Å². The quantitative estimate of drug-likeness (QED) is 0.169. The number of nitrogens with two attached hydrogens (primary N) is 2. The van der Waals surface area contributed by atoms with Crippen molar-refractivity contribution in [2.45, 2.75) is 0 Å². The van der Waals surface area contributed by atoms with E-state index < -0.39 is 0 Å². The van der Waals surface area contributed by atoms with E-state index in [4.69, 9.17) is 27.4 Å². The summed E-state index contributed by atoms with van der Waals surface area (Å²) >= 11 is 2.18. The largest absolute Gasteiger partial charge is 0.497 e. The Hall–Kier alpha value is -4.07. The van der Waals surface area contributed by atoms with Crippen LogP contribution in [0, 0.1) is 27.8 Å². The van der Waals surface area contributed by atoms with E-state index >= 15 is 0 Å². The molecule has 4 nitrogen and oxygen atoms in total. The molecule has 5 heteroatoms. The molecule has 35 heavy (non-hydrogen) atoms. The minimum Gasteiger partial charge on any atom is -0.497 e. The Labute approximate surface area is 221 Å². The highest BCUT2D eigenvalue weighted by molar-refractivity contribution is 14.1. The Morgan fingerprint density at radius 2 is 1.17 bits per heavy atom. The zero-order valence-electron chi connectivity index (χ0n) is 19.7. The summed E-state index contributed by atoms with van der Waals surface area (Å²) in [5.41, 5.74) is 15.6. The van der Waals surface area contributed by atoms with Gasteiger partial charge in [-0.2, -0.15) is 0 Å². The zero-order valence-corrected chi connectivity index (χ0v) is 21.8. The van der Waals surface area contributed by atoms with Crippen molar-refractivity contribution >= 4 is 34.0 Å². The molecule has 4 N–H and O–H groups in total. The van der Waals surface area contributed by atoms with Crippen LogP contribution in [0.3, 0.4) is 0 Å². The van der Waals surface area contributed by atoms with Crippen molar-refractivity contribution in [3.8, 4) is 35.7 Å². The van der Waals surface area contributed by atoms with Crippen LogP contribution in [0.2, 0.25) is 0 Å². The summed E-state index contributed by atoms with van der Waals surface area (Å²) in [6.07, 6.45) is 5.10. The van der Waals surface area contributed by atoms with Crippen molar-refractivity contribution in [3.63, 3.8) is 0 Å². The minimum atomic E-state index is 0.632. The monoisotopic (exact) mass is 574 g/mol. The second-order valence-electron chi connectivity index (χ2n) is 6.97. The molecule has 0 fully saturated rings. The molecule has 0 aliphatic rings. The molecule has 0 unspecified atom stereocenters. The van der Waals surface area contributed by atoms with Crippen molar-refractivity contribution < 1.29 is 9.47 Å². The summed E-state index contributed by atoms with van der Waals surface area (Å²) in [7, 11) is 3.24. The van der Waals surface area contributed by atoms with Gasteiger partial charge < -0.3 is 20.9 Å². The highest BCUT2D eigenvalue weighted by atomic mass is 127. The lowest BCUT2D eigenvalue weighted by Gasteiger charge is -2.02. The van der Waals surface area contributed by atoms with Crippen LogP contribution < -0.4 is 20.9 Å². The third kappa shape index (κ3) is 9.75. The fourth-order valence-electron chi connectivity index (χ4n) is 2.63. The first-order chi connectivity index (χ1) is 17.0. The lowest BCUT2D eigenvalue weighted by molar-refractivity contribution is 0.415. The number of benzene rings is 4. The maximum Gasteiger partial charge on any atom is 0.121 e. The molecular weight excluding hydrogens is 547 g/mol. The lowest BCUT2D eigenvalue weighted by Crippen LogP contribution is -1.91. The topological polar surface area (TPSA) is 70.5 Å². The van der Waals surface area contributed by atoms with Crippen LogP contribution in [0.15, 0.2) is 97.1 Å². The molecule has 0 aliphatic carbocycles. The van der Waals surface area contributed by atoms with Gasteiger partial charge >= 0.3 is 0 Å². The molecule has 0 atom stereocenters. The van der Waals surface area contributed by atoms with Gasteiger partial charge in [-0.25, -0.2) is 0 Å². The van der Waals surface area contributed by atoms with Crippen LogP contribution in [-0.4, -0.2) is 14.2 Å². The summed E-state index contributed by atoms with van der Waals surface area (Å²) in [4.78, 5) is 0. The van der Waals surface area contributed by atoms with Crippen LogP contribution >= 0.6 is 22.6 Å². The van der Waals surface area contributed by atoms with E-state index in [-0.39, 0.29) is 0 Å². The third-order valence-corrected chi connectivity index (χ3v) is 5.50. The highest BCUT2D eigenvalue weighted by Crippen LogP contribution is 2.20. The van der Waals surface area contributed by atoms with Gasteiger partial charge in [-0.15, -0.1) is 6.42 Å². The summed E-state index contributed by atoms with van der Waals surface area (Å²) in [6.45, 7) is 0. The zero-order chi connectivity index (χ0) is 25.5. The number of nitrogen functional groups attached to an aromatic ring is 2. The smallest absolute Gasteiger partial charge is 0.121 e. The first-order valence-electron chi connectivity index (χ1n) is 10.6. The van der Waals surface area contributed by atoms with Gasteiger partial charge in [0.05, 0.1) is 19.9 Å². The fourth-order valence-corrected chi connectivity index (χ4v) is 2.96. The first-order valence-corrected chi connectivity index (χ1v) is 11.7. The summed E-state index contributed by atoms with van der Waals surface area (Å²) in [5.74, 6) is 10.2. The predicted octanol–water partition coefficient (Wildman–Crippen LogP) is 6.23. The summed E-state index contributed by atoms with van der Waals surface area (Å²) < 4.78 is 11.1. The van der Waals surface area contributed by atoms with Gasteiger partial charge in [-0.1, -0.05) is 54.2 Å². The van der Waals surface area contributed by atoms with Gasteiger partial charge in [0.15, 0.2) is 0 Å². The molecule has 0 radical (unpaired) electrons. The van der Waals surface area contributed by atoms with E-state index in [0.717, 1.165) is 37.4 Å². The van der Waals surface area contributed by atoms with E-state index in [2.05, 4.69) is 40.4 Å². The van der Waals surface area contributed by atoms with Gasteiger partial charge in [0.2, 0.25) is 0 Å². The molecule has 176 valence electrons. The Balaban J connectivity index is 0.000000204. The van der Waals surface area contributed by atoms with Crippen LogP contribution in [0.1, 0.15) is 16.7 Å². The maximum atomic E-state index is 5.88. The van der Waals surface area contributed by atoms with Crippen LogP contribution in [-0.2, 0) is 0 Å². The van der Waals surface area contributed by atoms with E-state index in [0.29, 0.717) is 5.69 Å². The van der Waals surface area contributed by atoms with Crippen LogP contribution in [0.5, 0.6) is 11.5 Å². The number of hydrogen-bond donors (Lipinski definition) is 2. The minimum absolute atomic E-state index is 0.632. The Kier molecular flexibility index (Phi) is 11.6. The number of rotatable bonds is 2. The molecule has 0 bridgehead atoms. The SMILES string of the molecule is C#Cc1ccccc1.COc1ccc(C#Cc2ccccc2)c(N)c1.COc1ccc(I)c(N)c1. The van der Waals surface area contributed by atoms with Crippen LogP contribution in [0.4, 0.5) is 11.4 Å². The van der Waals surface area contributed by atoms with Gasteiger partial charge in [0.1, 0.15) is 11.5 Å². The molecular formula is C30H27IN2O2. The normalized spacial score (nSPS) is 8.97. The summed E-state index contributed by atoms with van der Waals surface area (Å²) in [5, 5.41) is 0. The number of anilines is 2. The van der Waals surface area contributed by atoms with Crippen molar-refractivity contribution in [2.24, 2.45) is 0 Å². The molecule has 4 aromatic rings. The number of terminal acetylenes is 1. The van der Waals surface area contributed by atoms with E-state index in [1.165, 1.54) is 0 Å². The molecule has 4 rings (SSSR count). The lowest BCUT2D eigenvalue weighted by atomic mass is 10.1. The first kappa shape index (κ1) is 27.2. The van der Waals surface area contributed by atoms with Crippen molar-refractivity contribution in [3.05, 3.63) is 117 Å². The van der Waals surface area contributed by atoms with Gasteiger partial charge in [0.25, 0.3) is 0 Å². The van der Waals surface area contributed by atoms with E-state index in [1.807, 2.05) is 91.0 Å². The second kappa shape index (κ2) is 15.0. The van der Waals surface area contributed by atoms with E-state index in [1.54, 1.807) is 20.3 Å². The van der Waals surface area contributed by atoms with Crippen molar-refractivity contribution in [1.82, 2.24) is 0 Å².